The van der Waals surface area contributed by atoms with Gasteiger partial charge in [-0.15, -0.1) is 0 Å². The first-order valence-corrected chi connectivity index (χ1v) is 13.1. The molecular weight excluding hydrogens is 500 g/mol. The predicted molar refractivity (Wildman–Crippen MR) is 152 cm³/mol. The van der Waals surface area contributed by atoms with Crippen LogP contribution in [0.4, 0.5) is 5.69 Å². The second-order valence-electron chi connectivity index (χ2n) is 9.47. The number of carbonyl (C=O) groups is 2. The van der Waals surface area contributed by atoms with Crippen molar-refractivity contribution in [3.8, 4) is 5.75 Å². The number of aryl methyl sites for hydroxylation is 2. The molecule has 4 rings (SSSR count). The van der Waals surface area contributed by atoms with E-state index in [1.54, 1.807) is 18.2 Å². The molecule has 6 nitrogen and oxygen atoms in total. The molecule has 0 aliphatic carbocycles. The first-order valence-electron chi connectivity index (χ1n) is 12.7. The fourth-order valence-corrected chi connectivity index (χ4v) is 5.16. The third-order valence-corrected chi connectivity index (χ3v) is 7.48. The minimum atomic E-state index is -0.789. The molecule has 0 radical (unpaired) electrons. The molecule has 1 fully saturated rings. The standard InChI is InChI=1S/C31H33ClN2O4/c1-6-33(7-2)23-12-10-21(11-13-23)28-27(29(35)25-17-24(38-5)14-15-26(25)32)30(36)31(37)34(28)18-22-16-19(3)8-9-20(22)4/h8-17,28,35H,6-7,18H2,1-5H3/b29-27+. The molecule has 7 heteroatoms. The fourth-order valence-electron chi connectivity index (χ4n) is 4.96. The lowest BCUT2D eigenvalue weighted by Gasteiger charge is -2.27. The largest absolute Gasteiger partial charge is 0.507 e. The first-order chi connectivity index (χ1) is 18.2. The second kappa shape index (κ2) is 11.3. The van der Waals surface area contributed by atoms with Gasteiger partial charge in [-0.3, -0.25) is 9.59 Å². The molecule has 3 aromatic rings. The van der Waals surface area contributed by atoms with Crippen LogP contribution in [0.2, 0.25) is 5.02 Å². The quantitative estimate of drug-likeness (QED) is 0.205. The Balaban J connectivity index is 1.89. The van der Waals surface area contributed by atoms with Gasteiger partial charge in [0.05, 0.1) is 23.7 Å². The molecule has 38 heavy (non-hydrogen) atoms. The number of Topliss-reactive ketones (excluding diaryl/α,β-unsaturated/α-hetero) is 1. The van der Waals surface area contributed by atoms with Gasteiger partial charge in [-0.1, -0.05) is 47.5 Å². The van der Waals surface area contributed by atoms with Crippen molar-refractivity contribution in [2.24, 2.45) is 0 Å². The highest BCUT2D eigenvalue weighted by atomic mass is 35.5. The summed E-state index contributed by atoms with van der Waals surface area (Å²) >= 11 is 6.43. The van der Waals surface area contributed by atoms with Crippen LogP contribution in [-0.4, -0.2) is 41.9 Å². The van der Waals surface area contributed by atoms with E-state index in [9.17, 15) is 14.7 Å². The average Bonchev–Trinajstić information content (AvgIpc) is 3.16. The van der Waals surface area contributed by atoms with Gasteiger partial charge >= 0.3 is 0 Å². The number of methoxy groups -OCH3 is 1. The summed E-state index contributed by atoms with van der Waals surface area (Å²) in [6.45, 7) is 10.1. The van der Waals surface area contributed by atoms with E-state index in [0.29, 0.717) is 5.75 Å². The topological polar surface area (TPSA) is 70.1 Å². The van der Waals surface area contributed by atoms with Gasteiger partial charge in [0, 0.05) is 30.9 Å². The van der Waals surface area contributed by atoms with E-state index in [-0.39, 0.29) is 28.5 Å². The van der Waals surface area contributed by atoms with E-state index in [2.05, 4.69) is 18.7 Å². The molecule has 1 unspecified atom stereocenters. The maximum absolute atomic E-state index is 13.5. The van der Waals surface area contributed by atoms with E-state index in [4.69, 9.17) is 16.3 Å². The SMILES string of the molecule is CCN(CC)c1ccc(C2/C(=C(\O)c3cc(OC)ccc3Cl)C(=O)C(=O)N2Cc2cc(C)ccc2C)cc1. The Bertz CT molecular complexity index is 1390. The zero-order valence-corrected chi connectivity index (χ0v) is 23.2. The van der Waals surface area contributed by atoms with E-state index in [0.717, 1.165) is 41.0 Å². The van der Waals surface area contributed by atoms with Gasteiger partial charge in [0.25, 0.3) is 11.7 Å². The Labute approximate surface area is 229 Å². The lowest BCUT2D eigenvalue weighted by Crippen LogP contribution is -2.29. The van der Waals surface area contributed by atoms with Crippen molar-refractivity contribution in [2.75, 3.05) is 25.1 Å². The fraction of sp³-hybridized carbons (Fsp3) is 0.290. The van der Waals surface area contributed by atoms with Crippen LogP contribution in [0.15, 0.2) is 66.2 Å². The molecule has 1 amide bonds. The van der Waals surface area contributed by atoms with Crippen molar-refractivity contribution >= 4 is 34.7 Å². The summed E-state index contributed by atoms with van der Waals surface area (Å²) in [7, 11) is 1.51. The number of likely N-dealkylation sites (tertiary alicyclic amines) is 1. The zero-order chi connectivity index (χ0) is 27.6. The molecule has 1 N–H and O–H groups in total. The summed E-state index contributed by atoms with van der Waals surface area (Å²) in [6.07, 6.45) is 0. The van der Waals surface area contributed by atoms with Crippen LogP contribution in [0, 0.1) is 13.8 Å². The number of aliphatic hydroxyl groups excluding tert-OH is 1. The van der Waals surface area contributed by atoms with Crippen molar-refractivity contribution in [2.45, 2.75) is 40.3 Å². The third-order valence-electron chi connectivity index (χ3n) is 7.15. The van der Waals surface area contributed by atoms with Crippen LogP contribution in [0.5, 0.6) is 5.75 Å². The van der Waals surface area contributed by atoms with Gasteiger partial charge < -0.3 is 19.6 Å². The number of amides is 1. The Kier molecular flexibility index (Phi) is 8.12. The minimum absolute atomic E-state index is 0.00560. The summed E-state index contributed by atoms with van der Waals surface area (Å²) in [5, 5.41) is 11.7. The lowest BCUT2D eigenvalue weighted by molar-refractivity contribution is -0.140. The molecule has 1 aliphatic rings. The number of benzene rings is 3. The number of halogens is 1. The van der Waals surface area contributed by atoms with Crippen molar-refractivity contribution < 1.29 is 19.4 Å². The van der Waals surface area contributed by atoms with Crippen LogP contribution in [0.3, 0.4) is 0 Å². The molecule has 1 aliphatic heterocycles. The first kappa shape index (κ1) is 27.3. The normalized spacial score (nSPS) is 16.7. The Hall–Kier alpha value is -3.77. The smallest absolute Gasteiger partial charge is 0.295 e. The van der Waals surface area contributed by atoms with E-state index >= 15 is 0 Å². The van der Waals surface area contributed by atoms with Crippen LogP contribution < -0.4 is 9.64 Å². The number of anilines is 1. The molecule has 3 aromatic carbocycles. The van der Waals surface area contributed by atoms with Crippen molar-refractivity contribution in [3.63, 3.8) is 0 Å². The van der Waals surface area contributed by atoms with Crippen LogP contribution in [0.1, 0.15) is 47.7 Å². The average molecular weight is 533 g/mol. The third kappa shape index (κ3) is 5.14. The second-order valence-corrected chi connectivity index (χ2v) is 9.87. The van der Waals surface area contributed by atoms with Gasteiger partial charge in [0.15, 0.2) is 0 Å². The number of hydrogen-bond donors (Lipinski definition) is 1. The molecule has 0 bridgehead atoms. The van der Waals surface area contributed by atoms with Gasteiger partial charge in [0.2, 0.25) is 0 Å². The monoisotopic (exact) mass is 532 g/mol. The van der Waals surface area contributed by atoms with Crippen molar-refractivity contribution in [3.05, 3.63) is 99.1 Å². The minimum Gasteiger partial charge on any atom is -0.507 e. The molecule has 1 atom stereocenters. The number of aliphatic hydroxyl groups is 1. The van der Waals surface area contributed by atoms with E-state index in [1.165, 1.54) is 12.0 Å². The van der Waals surface area contributed by atoms with Gasteiger partial charge in [-0.25, -0.2) is 0 Å². The van der Waals surface area contributed by atoms with Gasteiger partial charge in [-0.05, 0) is 74.7 Å². The van der Waals surface area contributed by atoms with Gasteiger partial charge in [0.1, 0.15) is 11.5 Å². The number of ether oxygens (including phenoxy) is 1. The number of nitrogens with zero attached hydrogens (tertiary/aromatic N) is 2. The maximum atomic E-state index is 13.5. The molecule has 0 saturated carbocycles. The number of carbonyl (C=O) groups excluding carboxylic acids is 2. The molecule has 0 spiro atoms. The Morgan fingerprint density at radius 2 is 1.68 bits per heavy atom. The van der Waals surface area contributed by atoms with Crippen LogP contribution in [0.25, 0.3) is 5.76 Å². The predicted octanol–water partition coefficient (Wildman–Crippen LogP) is 6.43. The molecule has 1 saturated heterocycles. The highest BCUT2D eigenvalue weighted by Crippen LogP contribution is 2.42. The number of hydrogen-bond acceptors (Lipinski definition) is 5. The van der Waals surface area contributed by atoms with E-state index < -0.39 is 17.7 Å². The van der Waals surface area contributed by atoms with Crippen molar-refractivity contribution in [1.29, 1.82) is 0 Å². The summed E-state index contributed by atoms with van der Waals surface area (Å²) in [4.78, 5) is 30.7. The molecular formula is C31H33ClN2O4. The van der Waals surface area contributed by atoms with Crippen LogP contribution in [-0.2, 0) is 16.1 Å². The highest BCUT2D eigenvalue weighted by molar-refractivity contribution is 6.47. The molecule has 198 valence electrons. The highest BCUT2D eigenvalue weighted by Gasteiger charge is 2.46. The van der Waals surface area contributed by atoms with Gasteiger partial charge in [-0.2, -0.15) is 0 Å². The summed E-state index contributed by atoms with van der Waals surface area (Å²) in [5.41, 5.74) is 5.03. The number of rotatable bonds is 8. The lowest BCUT2D eigenvalue weighted by atomic mass is 9.94. The number of ketones is 1. The van der Waals surface area contributed by atoms with Crippen LogP contribution >= 0.6 is 11.6 Å². The van der Waals surface area contributed by atoms with Crippen molar-refractivity contribution in [1.82, 2.24) is 4.90 Å². The molecule has 0 aromatic heterocycles. The maximum Gasteiger partial charge on any atom is 0.295 e. The summed E-state index contributed by atoms with van der Waals surface area (Å²) < 4.78 is 5.30. The summed E-state index contributed by atoms with van der Waals surface area (Å²) in [6, 6.07) is 17.9. The Morgan fingerprint density at radius 3 is 2.32 bits per heavy atom. The molecule has 1 heterocycles. The summed E-state index contributed by atoms with van der Waals surface area (Å²) in [5.74, 6) is -1.26. The van der Waals surface area contributed by atoms with E-state index in [1.807, 2.05) is 56.3 Å². The zero-order valence-electron chi connectivity index (χ0n) is 22.4. The Morgan fingerprint density at radius 1 is 1.00 bits per heavy atom.